The van der Waals surface area contributed by atoms with E-state index in [0.717, 1.165) is 43.3 Å². The molecule has 0 aromatic rings. The first-order valence-corrected chi connectivity index (χ1v) is 14.6. The molecule has 9 heteroatoms. The van der Waals surface area contributed by atoms with E-state index in [9.17, 15) is 25.2 Å². The second-order valence-corrected chi connectivity index (χ2v) is 13.3. The lowest BCUT2D eigenvalue weighted by atomic mass is 9.44. The highest BCUT2D eigenvalue weighted by Crippen LogP contribution is 2.69. The van der Waals surface area contributed by atoms with Crippen LogP contribution in [0.5, 0.6) is 0 Å². The Balaban J connectivity index is 1.23. The van der Waals surface area contributed by atoms with E-state index >= 15 is 0 Å². The number of rotatable bonds is 4. The highest BCUT2D eigenvalue weighted by atomic mass is 16.7. The number of esters is 1. The molecule has 0 bridgehead atoms. The monoisotopic (exact) mass is 548 g/mol. The Hall–Kier alpha value is -1.33. The number of aliphatic hydroxyl groups excluding tert-OH is 3. The first-order chi connectivity index (χ1) is 18.4. The Kier molecular flexibility index (Phi) is 6.86. The van der Waals surface area contributed by atoms with Crippen molar-refractivity contribution in [3.8, 4) is 0 Å². The van der Waals surface area contributed by atoms with Gasteiger partial charge in [-0.15, -0.1) is 0 Å². The van der Waals surface area contributed by atoms with Crippen molar-refractivity contribution < 1.29 is 44.2 Å². The molecular formula is C30H44O9. The van der Waals surface area contributed by atoms with Crippen molar-refractivity contribution in [2.24, 2.45) is 28.6 Å². The summed E-state index contributed by atoms with van der Waals surface area (Å²) in [6.07, 6.45) is 3.33. The van der Waals surface area contributed by atoms with Gasteiger partial charge < -0.3 is 39.4 Å². The van der Waals surface area contributed by atoms with E-state index in [-0.39, 0.29) is 29.1 Å². The van der Waals surface area contributed by atoms with Gasteiger partial charge in [0.2, 0.25) is 0 Å². The fraction of sp³-hybridized carbons (Fsp3) is 0.833. The molecule has 4 aliphatic carbocycles. The Morgan fingerprint density at radius 2 is 1.82 bits per heavy atom. The molecule has 0 spiro atoms. The van der Waals surface area contributed by atoms with E-state index in [1.807, 2.05) is 0 Å². The third kappa shape index (κ3) is 3.95. The van der Waals surface area contributed by atoms with Crippen LogP contribution in [0, 0.1) is 28.6 Å². The average molecular weight is 549 g/mol. The summed E-state index contributed by atoms with van der Waals surface area (Å²) >= 11 is 0. The zero-order chi connectivity index (χ0) is 27.9. The summed E-state index contributed by atoms with van der Waals surface area (Å²) in [4.78, 5) is 11.8. The van der Waals surface area contributed by atoms with Crippen molar-refractivity contribution in [1.82, 2.24) is 0 Å². The van der Waals surface area contributed by atoms with Crippen LogP contribution in [0.2, 0.25) is 0 Å². The Bertz CT molecular complexity index is 1060. The van der Waals surface area contributed by atoms with Gasteiger partial charge in [-0.05, 0) is 68.8 Å². The third-order valence-electron chi connectivity index (χ3n) is 11.9. The van der Waals surface area contributed by atoms with Crippen molar-refractivity contribution in [3.05, 3.63) is 23.3 Å². The van der Waals surface area contributed by atoms with Gasteiger partial charge in [0.05, 0.1) is 23.9 Å². The van der Waals surface area contributed by atoms with Gasteiger partial charge in [-0.2, -0.15) is 0 Å². The molecule has 0 aromatic heterocycles. The summed E-state index contributed by atoms with van der Waals surface area (Å²) in [5.74, 6) is 0.0366. The molecule has 2 heterocycles. The first-order valence-electron chi connectivity index (χ1n) is 14.6. The van der Waals surface area contributed by atoms with Gasteiger partial charge in [0.25, 0.3) is 0 Å². The van der Waals surface area contributed by atoms with Crippen molar-refractivity contribution >= 4 is 5.97 Å². The number of hydrogen-bond donors (Lipinski definition) is 4. The molecule has 3 saturated carbocycles. The predicted octanol–water partition coefficient (Wildman–Crippen LogP) is 2.00. The van der Waals surface area contributed by atoms with Gasteiger partial charge in [-0.3, -0.25) is 0 Å². The quantitative estimate of drug-likeness (QED) is 0.307. The lowest BCUT2D eigenvalue weighted by Crippen LogP contribution is -2.63. The second-order valence-electron chi connectivity index (χ2n) is 13.3. The molecule has 6 aliphatic rings. The van der Waals surface area contributed by atoms with E-state index in [0.29, 0.717) is 19.4 Å². The summed E-state index contributed by atoms with van der Waals surface area (Å²) in [6.45, 7) is 6.39. The van der Waals surface area contributed by atoms with Crippen LogP contribution < -0.4 is 0 Å². The normalized spacial score (nSPS) is 53.3. The van der Waals surface area contributed by atoms with Gasteiger partial charge in [0.15, 0.2) is 6.29 Å². The molecule has 2 aliphatic heterocycles. The highest BCUT2D eigenvalue weighted by Gasteiger charge is 2.68. The molecule has 0 aromatic carbocycles. The topological polar surface area (TPSA) is 135 Å². The maximum atomic E-state index is 12.4. The Labute approximate surface area is 230 Å². The van der Waals surface area contributed by atoms with Gasteiger partial charge >= 0.3 is 5.97 Å². The number of cyclic esters (lactones) is 1. The van der Waals surface area contributed by atoms with Crippen molar-refractivity contribution in [1.29, 1.82) is 0 Å². The van der Waals surface area contributed by atoms with Crippen molar-refractivity contribution in [2.75, 3.05) is 13.7 Å². The molecule has 0 radical (unpaired) electrons. The summed E-state index contributed by atoms with van der Waals surface area (Å²) in [5, 5.41) is 45.1. The van der Waals surface area contributed by atoms with E-state index in [4.69, 9.17) is 18.9 Å². The van der Waals surface area contributed by atoms with Crippen LogP contribution in [0.1, 0.15) is 65.7 Å². The number of aliphatic hydroxyl groups is 4. The maximum absolute atomic E-state index is 12.4. The first kappa shape index (κ1) is 27.8. The molecule has 5 unspecified atom stereocenters. The summed E-state index contributed by atoms with van der Waals surface area (Å²) in [6, 6.07) is 0. The fourth-order valence-corrected chi connectivity index (χ4v) is 9.56. The van der Waals surface area contributed by atoms with Crippen LogP contribution in [-0.2, 0) is 23.7 Å². The van der Waals surface area contributed by atoms with Gasteiger partial charge in [-0.1, -0.05) is 25.5 Å². The molecule has 4 N–H and O–H groups in total. The summed E-state index contributed by atoms with van der Waals surface area (Å²) in [7, 11) is 1.44. The Morgan fingerprint density at radius 3 is 2.51 bits per heavy atom. The second kappa shape index (κ2) is 9.61. The predicted molar refractivity (Wildman–Crippen MR) is 139 cm³/mol. The number of carbonyl (C=O) groups is 1. The van der Waals surface area contributed by atoms with E-state index in [2.05, 4.69) is 19.9 Å². The molecule has 9 nitrogen and oxygen atoms in total. The van der Waals surface area contributed by atoms with Crippen LogP contribution in [0.25, 0.3) is 0 Å². The molecule has 1 saturated heterocycles. The van der Waals surface area contributed by atoms with E-state index < -0.39 is 53.9 Å². The average Bonchev–Trinajstić information content (AvgIpc) is 3.43. The molecule has 39 heavy (non-hydrogen) atoms. The minimum Gasteiger partial charge on any atom is -0.458 e. The van der Waals surface area contributed by atoms with E-state index in [1.165, 1.54) is 7.11 Å². The van der Waals surface area contributed by atoms with Gasteiger partial charge in [-0.25, -0.2) is 4.79 Å². The molecule has 0 amide bonds. The molecule has 13 atom stereocenters. The third-order valence-corrected chi connectivity index (χ3v) is 11.9. The van der Waals surface area contributed by atoms with Crippen molar-refractivity contribution in [2.45, 2.75) is 114 Å². The molecule has 4 fully saturated rings. The van der Waals surface area contributed by atoms with Crippen molar-refractivity contribution in [3.63, 3.8) is 0 Å². The number of methoxy groups -OCH3 is 1. The summed E-state index contributed by atoms with van der Waals surface area (Å²) in [5.41, 5.74) is 0.495. The van der Waals surface area contributed by atoms with E-state index in [1.54, 1.807) is 13.0 Å². The standard InChI is InChI=1S/C30H44O9/c1-15-24(33)26(36-4)25(34)27(38-15)39-18-12-17-5-6-21-20(29(17,3)22(31)13-18)7-9-28(2)19(8-10-30(21,28)35)16-11-23(32)37-14-16/h11-12,15,18-22,24-27,31,33-35H,5-10,13-14H2,1-4H3/t15?,18-,19-,20+,21-,22-,24?,25?,26?,27?,28-,29+,30+/m1/s1. The molecular weight excluding hydrogens is 504 g/mol. The smallest absolute Gasteiger partial charge is 0.331 e. The fourth-order valence-electron chi connectivity index (χ4n) is 9.56. The lowest BCUT2D eigenvalue weighted by molar-refractivity contribution is -0.306. The van der Waals surface area contributed by atoms with Crippen LogP contribution in [0.4, 0.5) is 0 Å². The summed E-state index contributed by atoms with van der Waals surface area (Å²) < 4.78 is 22.5. The number of hydrogen-bond acceptors (Lipinski definition) is 9. The van der Waals surface area contributed by atoms with Crippen LogP contribution in [0.15, 0.2) is 23.3 Å². The Morgan fingerprint density at radius 1 is 1.05 bits per heavy atom. The maximum Gasteiger partial charge on any atom is 0.331 e. The zero-order valence-corrected chi connectivity index (χ0v) is 23.4. The largest absolute Gasteiger partial charge is 0.458 e. The molecule has 218 valence electrons. The number of ether oxygens (including phenoxy) is 4. The minimum atomic E-state index is -1.16. The van der Waals surface area contributed by atoms with Crippen LogP contribution in [0.3, 0.4) is 0 Å². The number of carbonyl (C=O) groups excluding carboxylic acids is 1. The van der Waals surface area contributed by atoms with Crippen LogP contribution in [-0.4, -0.2) is 88.6 Å². The number of fused-ring (bicyclic) bond motifs is 5. The highest BCUT2D eigenvalue weighted by molar-refractivity contribution is 5.85. The SMILES string of the molecule is COC1C(O)C(C)OC(O[C@@H]2C=C3CC[C@@H]4[C@H](CC[C@]5(C)[C@@H](C6=CC(=O)OC6)CC[C@]45O)[C@@]3(C)[C@H](O)C2)C1O. The van der Waals surface area contributed by atoms with Gasteiger partial charge in [0, 0.05) is 30.4 Å². The molecule has 6 rings (SSSR count). The van der Waals surface area contributed by atoms with Crippen LogP contribution >= 0.6 is 0 Å². The van der Waals surface area contributed by atoms with Gasteiger partial charge in [0.1, 0.15) is 24.9 Å². The minimum absolute atomic E-state index is 0.0578. The lowest BCUT2D eigenvalue weighted by Gasteiger charge is -2.62. The zero-order valence-electron chi connectivity index (χ0n) is 23.4.